The molecule has 0 aliphatic heterocycles. The number of amides is 1. The smallest absolute Gasteiger partial charge is 0.220 e. The Labute approximate surface area is 185 Å². The largest absolute Gasteiger partial charge is 0.492 e. The highest BCUT2D eigenvalue weighted by atomic mass is 16.5. The van der Waals surface area contributed by atoms with Crippen LogP contribution >= 0.6 is 0 Å². The lowest BCUT2D eigenvalue weighted by atomic mass is 9.87. The van der Waals surface area contributed by atoms with Crippen LogP contribution in [0, 0.1) is 20.8 Å². The van der Waals surface area contributed by atoms with E-state index in [0.29, 0.717) is 26.0 Å². The average Bonchev–Trinajstić information content (AvgIpc) is 2.98. The minimum Gasteiger partial charge on any atom is -0.492 e. The molecular formula is C25H34N4O2. The summed E-state index contributed by atoms with van der Waals surface area (Å²) in [5, 5.41) is 8.52. The van der Waals surface area contributed by atoms with Gasteiger partial charge in [0, 0.05) is 24.5 Å². The van der Waals surface area contributed by atoms with Gasteiger partial charge in [0.25, 0.3) is 0 Å². The molecule has 2 heterocycles. The first-order chi connectivity index (χ1) is 14.6. The van der Waals surface area contributed by atoms with E-state index in [-0.39, 0.29) is 11.3 Å². The molecule has 0 radical (unpaired) electrons. The number of pyridine rings is 1. The van der Waals surface area contributed by atoms with Crippen LogP contribution in [-0.2, 0) is 23.7 Å². The number of nitrogens with zero attached hydrogens (tertiary/aromatic N) is 3. The van der Waals surface area contributed by atoms with Crippen molar-refractivity contribution in [3.05, 3.63) is 52.3 Å². The zero-order chi connectivity index (χ0) is 22.8. The molecule has 0 fully saturated rings. The summed E-state index contributed by atoms with van der Waals surface area (Å²) in [7, 11) is 1.91. The zero-order valence-electron chi connectivity index (χ0n) is 19.8. The van der Waals surface area contributed by atoms with Crippen molar-refractivity contribution in [1.29, 1.82) is 0 Å². The summed E-state index contributed by atoms with van der Waals surface area (Å²) >= 11 is 0. The second-order valence-corrected chi connectivity index (χ2v) is 9.18. The van der Waals surface area contributed by atoms with Crippen LogP contribution in [0.15, 0.2) is 24.3 Å². The molecule has 0 atom stereocenters. The Hall–Kier alpha value is -2.89. The molecule has 0 saturated carbocycles. The molecule has 166 valence electrons. The molecule has 6 nitrogen and oxygen atoms in total. The minimum absolute atomic E-state index is 0.0217. The summed E-state index contributed by atoms with van der Waals surface area (Å²) in [5.41, 5.74) is 6.53. The van der Waals surface area contributed by atoms with Crippen LogP contribution in [0.1, 0.15) is 55.3 Å². The molecule has 1 aromatic carbocycles. The van der Waals surface area contributed by atoms with Crippen molar-refractivity contribution in [3.63, 3.8) is 0 Å². The number of hydrogen-bond donors (Lipinski definition) is 1. The van der Waals surface area contributed by atoms with Gasteiger partial charge in [-0.1, -0.05) is 32.9 Å². The molecule has 3 rings (SSSR count). The first kappa shape index (κ1) is 22.8. The van der Waals surface area contributed by atoms with Crippen molar-refractivity contribution in [1.82, 2.24) is 20.1 Å². The molecule has 0 saturated heterocycles. The van der Waals surface area contributed by atoms with Gasteiger partial charge in [0.2, 0.25) is 5.91 Å². The Bertz CT molecular complexity index is 1080. The van der Waals surface area contributed by atoms with Gasteiger partial charge in [-0.2, -0.15) is 5.10 Å². The number of hydrogen-bond acceptors (Lipinski definition) is 4. The van der Waals surface area contributed by atoms with Gasteiger partial charge in [-0.25, -0.2) is 4.98 Å². The number of nitrogens with one attached hydrogen (secondary N) is 1. The Morgan fingerprint density at radius 3 is 2.42 bits per heavy atom. The molecule has 0 bridgehead atoms. The van der Waals surface area contributed by atoms with Crippen LogP contribution in [0.2, 0.25) is 0 Å². The fourth-order valence-corrected chi connectivity index (χ4v) is 3.97. The third kappa shape index (κ3) is 5.24. The number of ether oxygens (including phenoxy) is 1. The summed E-state index contributed by atoms with van der Waals surface area (Å²) in [4.78, 5) is 17.1. The fourth-order valence-electron chi connectivity index (χ4n) is 3.97. The van der Waals surface area contributed by atoms with Crippen LogP contribution < -0.4 is 10.1 Å². The summed E-state index contributed by atoms with van der Waals surface area (Å²) in [6, 6.07) is 8.15. The molecule has 6 heteroatoms. The molecular weight excluding hydrogens is 388 g/mol. The number of rotatable bonds is 7. The summed E-state index contributed by atoms with van der Waals surface area (Å²) in [5.74, 6) is 0.841. The molecule has 1 amide bonds. The Morgan fingerprint density at radius 1 is 1.10 bits per heavy atom. The lowest BCUT2D eigenvalue weighted by Gasteiger charge is -2.19. The normalized spacial score (nSPS) is 11.7. The molecule has 0 spiro atoms. The molecule has 31 heavy (non-hydrogen) atoms. The Balaban J connectivity index is 1.49. The van der Waals surface area contributed by atoms with Gasteiger partial charge in [0.15, 0.2) is 5.65 Å². The number of fused-ring (bicyclic) bond motifs is 1. The number of aryl methyl sites for hydroxylation is 4. The van der Waals surface area contributed by atoms with Gasteiger partial charge in [-0.05, 0) is 61.4 Å². The van der Waals surface area contributed by atoms with E-state index >= 15 is 0 Å². The van der Waals surface area contributed by atoms with Crippen LogP contribution in [-0.4, -0.2) is 33.8 Å². The highest BCUT2D eigenvalue weighted by Gasteiger charge is 2.16. The molecule has 0 unspecified atom stereocenters. The first-order valence-electron chi connectivity index (χ1n) is 10.9. The van der Waals surface area contributed by atoms with Gasteiger partial charge in [-0.15, -0.1) is 0 Å². The van der Waals surface area contributed by atoms with E-state index in [9.17, 15) is 4.79 Å². The van der Waals surface area contributed by atoms with Crippen molar-refractivity contribution in [3.8, 4) is 5.75 Å². The van der Waals surface area contributed by atoms with Crippen LogP contribution in [0.4, 0.5) is 0 Å². The first-order valence-corrected chi connectivity index (χ1v) is 10.9. The van der Waals surface area contributed by atoms with Crippen molar-refractivity contribution >= 4 is 16.9 Å². The van der Waals surface area contributed by atoms with E-state index in [1.807, 2.05) is 37.7 Å². The molecule has 0 aliphatic rings. The molecule has 1 N–H and O–H groups in total. The number of carbonyl (C=O) groups is 1. The Morgan fingerprint density at radius 2 is 1.77 bits per heavy atom. The van der Waals surface area contributed by atoms with Gasteiger partial charge in [0.05, 0.1) is 12.2 Å². The number of aromatic nitrogens is 3. The van der Waals surface area contributed by atoms with E-state index in [4.69, 9.17) is 9.72 Å². The molecule has 3 aromatic rings. The fraction of sp³-hybridized carbons (Fsp3) is 0.480. The van der Waals surface area contributed by atoms with Crippen LogP contribution in [0.5, 0.6) is 5.75 Å². The quantitative estimate of drug-likeness (QED) is 0.576. The average molecular weight is 423 g/mol. The third-order valence-electron chi connectivity index (χ3n) is 5.75. The predicted octanol–water partition coefficient (Wildman–Crippen LogP) is 4.32. The minimum atomic E-state index is 0.0217. The SMILES string of the molecule is Cc1nc2c(c(C)nn2C)c(C)c1CCC(=O)NCCOc1ccc(C(C)(C)C)cc1. The topological polar surface area (TPSA) is 69.0 Å². The standard InChI is InChI=1S/C25H34N4O2/c1-16-21(17(2)27-24-23(16)18(3)28-29(24)7)12-13-22(30)26-14-15-31-20-10-8-19(9-11-20)25(4,5)6/h8-11H,12-15H2,1-7H3,(H,26,30). The zero-order valence-corrected chi connectivity index (χ0v) is 19.8. The third-order valence-corrected chi connectivity index (χ3v) is 5.75. The van der Waals surface area contributed by atoms with E-state index < -0.39 is 0 Å². The van der Waals surface area contributed by atoms with Crippen molar-refractivity contribution in [2.75, 3.05) is 13.2 Å². The van der Waals surface area contributed by atoms with E-state index in [1.165, 1.54) is 11.1 Å². The van der Waals surface area contributed by atoms with Gasteiger partial charge >= 0.3 is 0 Å². The maximum absolute atomic E-state index is 12.3. The van der Waals surface area contributed by atoms with Crippen molar-refractivity contribution in [2.24, 2.45) is 7.05 Å². The van der Waals surface area contributed by atoms with Gasteiger partial charge < -0.3 is 10.1 Å². The van der Waals surface area contributed by atoms with E-state index in [2.05, 4.69) is 50.2 Å². The van der Waals surface area contributed by atoms with Crippen LogP contribution in [0.3, 0.4) is 0 Å². The molecule has 2 aromatic heterocycles. The highest BCUT2D eigenvalue weighted by molar-refractivity contribution is 5.84. The Kier molecular flexibility index (Phi) is 6.68. The maximum atomic E-state index is 12.3. The number of benzene rings is 1. The predicted molar refractivity (Wildman–Crippen MR) is 125 cm³/mol. The summed E-state index contributed by atoms with van der Waals surface area (Å²) < 4.78 is 7.57. The van der Waals surface area contributed by atoms with Gasteiger partial charge in [0.1, 0.15) is 12.4 Å². The van der Waals surface area contributed by atoms with E-state index in [1.54, 1.807) is 0 Å². The van der Waals surface area contributed by atoms with Gasteiger partial charge in [-0.3, -0.25) is 9.48 Å². The number of carbonyl (C=O) groups excluding carboxylic acids is 1. The second-order valence-electron chi connectivity index (χ2n) is 9.18. The highest BCUT2D eigenvalue weighted by Crippen LogP contribution is 2.26. The van der Waals surface area contributed by atoms with Crippen LogP contribution in [0.25, 0.3) is 11.0 Å². The maximum Gasteiger partial charge on any atom is 0.220 e. The summed E-state index contributed by atoms with van der Waals surface area (Å²) in [6.07, 6.45) is 1.09. The lowest BCUT2D eigenvalue weighted by molar-refractivity contribution is -0.121. The van der Waals surface area contributed by atoms with Crippen molar-refractivity contribution < 1.29 is 9.53 Å². The van der Waals surface area contributed by atoms with Crippen molar-refractivity contribution in [2.45, 2.75) is 59.8 Å². The second kappa shape index (κ2) is 9.08. The lowest BCUT2D eigenvalue weighted by Crippen LogP contribution is -2.28. The summed E-state index contributed by atoms with van der Waals surface area (Å²) in [6.45, 7) is 13.6. The molecule has 0 aliphatic carbocycles. The van der Waals surface area contributed by atoms with E-state index in [0.717, 1.165) is 33.7 Å². The monoisotopic (exact) mass is 422 g/mol.